The molecule has 1 rings (SSSR count). The van der Waals surface area contributed by atoms with E-state index < -0.39 is 0 Å². The summed E-state index contributed by atoms with van der Waals surface area (Å²) in [5.41, 5.74) is 0.0227. The minimum absolute atomic E-state index is 0.0227. The quantitative estimate of drug-likeness (QED) is 0.265. The highest BCUT2D eigenvalue weighted by atomic mass is 19.1. The number of hydrogen-bond donors (Lipinski definition) is 1. The molecule has 26 heavy (non-hydrogen) atoms. The van der Waals surface area contributed by atoms with Gasteiger partial charge in [0.2, 0.25) is 0 Å². The first-order chi connectivity index (χ1) is 12.6. The van der Waals surface area contributed by atoms with Crippen LogP contribution < -0.4 is 5.32 Å². The summed E-state index contributed by atoms with van der Waals surface area (Å²) in [7, 11) is 2.05. The van der Waals surface area contributed by atoms with Crippen LogP contribution >= 0.6 is 0 Å². The van der Waals surface area contributed by atoms with E-state index in [2.05, 4.69) is 44.4 Å². The Morgan fingerprint density at radius 2 is 1.92 bits per heavy atom. The maximum Gasteiger partial charge on any atom is 0.119 e. The van der Waals surface area contributed by atoms with Crippen molar-refractivity contribution in [3.63, 3.8) is 0 Å². The summed E-state index contributed by atoms with van der Waals surface area (Å²) in [5.74, 6) is 0.615. The Morgan fingerprint density at radius 3 is 2.62 bits per heavy atom. The molecule has 3 unspecified atom stereocenters. The number of rotatable bonds is 11. The van der Waals surface area contributed by atoms with E-state index in [0.717, 1.165) is 38.4 Å². The molecular formula is C23H38FNO. The lowest BCUT2D eigenvalue weighted by Gasteiger charge is -2.38. The molecule has 1 N–H and O–H groups in total. The molecule has 0 aromatic carbocycles. The fourth-order valence-corrected chi connectivity index (χ4v) is 3.79. The van der Waals surface area contributed by atoms with Crippen LogP contribution in [-0.4, -0.2) is 18.9 Å². The van der Waals surface area contributed by atoms with Crippen molar-refractivity contribution in [3.05, 3.63) is 36.2 Å². The molecule has 2 nitrogen and oxygen atoms in total. The third-order valence-electron chi connectivity index (χ3n) is 5.73. The van der Waals surface area contributed by atoms with Crippen molar-refractivity contribution < 1.29 is 9.18 Å². The monoisotopic (exact) mass is 363 g/mol. The molecule has 3 atom stereocenters. The third kappa shape index (κ3) is 7.99. The summed E-state index contributed by atoms with van der Waals surface area (Å²) >= 11 is 0. The molecular weight excluding hydrogens is 325 g/mol. The second kappa shape index (κ2) is 13.0. The van der Waals surface area contributed by atoms with E-state index in [0.29, 0.717) is 18.8 Å². The molecule has 0 aromatic rings. The van der Waals surface area contributed by atoms with Gasteiger partial charge in [-0.1, -0.05) is 69.9 Å². The van der Waals surface area contributed by atoms with Crippen LogP contribution in [0.25, 0.3) is 0 Å². The Bertz CT molecular complexity index is 477. The molecule has 0 amide bonds. The maximum absolute atomic E-state index is 13.8. The van der Waals surface area contributed by atoms with Gasteiger partial charge in [-0.15, -0.1) is 0 Å². The summed E-state index contributed by atoms with van der Waals surface area (Å²) in [6.45, 7) is 4.39. The number of unbranched alkanes of at least 4 members (excludes halogenated alkanes) is 5. The molecule has 3 heteroatoms. The predicted molar refractivity (Wildman–Crippen MR) is 110 cm³/mol. The zero-order valence-corrected chi connectivity index (χ0v) is 17.0. The van der Waals surface area contributed by atoms with Gasteiger partial charge in [0.1, 0.15) is 6.29 Å². The molecule has 1 aliphatic carbocycles. The van der Waals surface area contributed by atoms with Crippen molar-refractivity contribution in [1.29, 1.82) is 0 Å². The Labute approximate surface area is 160 Å². The highest BCUT2D eigenvalue weighted by Crippen LogP contribution is 2.31. The Hall–Kier alpha value is -1.22. The van der Waals surface area contributed by atoms with Crippen molar-refractivity contribution >= 4 is 6.29 Å². The summed E-state index contributed by atoms with van der Waals surface area (Å²) in [4.78, 5) is 10.4. The van der Waals surface area contributed by atoms with Crippen LogP contribution in [0.5, 0.6) is 0 Å². The second-order valence-corrected chi connectivity index (χ2v) is 7.64. The molecule has 0 fully saturated rings. The first-order valence-corrected chi connectivity index (χ1v) is 10.4. The Balaban J connectivity index is 2.72. The molecule has 1 aliphatic rings. The first kappa shape index (κ1) is 22.8. The lowest BCUT2D eigenvalue weighted by atomic mass is 9.76. The van der Waals surface area contributed by atoms with E-state index in [4.69, 9.17) is 0 Å². The number of allylic oxidation sites excluding steroid dienone is 4. The normalized spacial score (nSPS) is 26.5. The van der Waals surface area contributed by atoms with E-state index >= 15 is 0 Å². The molecule has 0 aliphatic heterocycles. The summed E-state index contributed by atoms with van der Waals surface area (Å²) in [5, 5.41) is 3.60. The van der Waals surface area contributed by atoms with Crippen LogP contribution in [-0.2, 0) is 4.79 Å². The summed E-state index contributed by atoms with van der Waals surface area (Å²) < 4.78 is 13.8. The van der Waals surface area contributed by atoms with E-state index in [-0.39, 0.29) is 17.3 Å². The number of aldehydes is 1. The Morgan fingerprint density at radius 1 is 1.19 bits per heavy atom. The molecule has 0 radical (unpaired) electrons. The van der Waals surface area contributed by atoms with Crippen LogP contribution in [0.15, 0.2) is 36.2 Å². The smallest absolute Gasteiger partial charge is 0.119 e. The molecule has 0 bridgehead atoms. The lowest BCUT2D eigenvalue weighted by molar-refractivity contribution is -0.107. The number of carbonyl (C=O) groups excluding carboxylic acids is 1. The van der Waals surface area contributed by atoms with Gasteiger partial charge < -0.3 is 10.1 Å². The highest BCUT2D eigenvalue weighted by Gasteiger charge is 2.32. The SMILES string of the molecule is CCC(CCCCCCCC=O)(NC)C1C=CC(C)C/C=C(/F)C/C=C\1. The van der Waals surface area contributed by atoms with Crippen LogP contribution in [0, 0.1) is 11.8 Å². The van der Waals surface area contributed by atoms with Crippen LogP contribution in [0.4, 0.5) is 4.39 Å². The van der Waals surface area contributed by atoms with Gasteiger partial charge in [0.15, 0.2) is 0 Å². The van der Waals surface area contributed by atoms with Gasteiger partial charge >= 0.3 is 0 Å². The van der Waals surface area contributed by atoms with E-state index in [1.807, 2.05) is 6.08 Å². The second-order valence-electron chi connectivity index (χ2n) is 7.64. The highest BCUT2D eigenvalue weighted by molar-refractivity contribution is 5.48. The van der Waals surface area contributed by atoms with Gasteiger partial charge in [0.25, 0.3) is 0 Å². The number of halogens is 1. The van der Waals surface area contributed by atoms with Crippen LogP contribution in [0.1, 0.15) is 78.1 Å². The fourth-order valence-electron chi connectivity index (χ4n) is 3.79. The van der Waals surface area contributed by atoms with Gasteiger partial charge in [0.05, 0.1) is 5.83 Å². The molecule has 0 heterocycles. The number of hydrogen-bond acceptors (Lipinski definition) is 2. The van der Waals surface area contributed by atoms with Gasteiger partial charge in [0, 0.05) is 24.3 Å². The summed E-state index contributed by atoms with van der Waals surface area (Å²) in [6, 6.07) is 0. The topological polar surface area (TPSA) is 29.1 Å². The lowest BCUT2D eigenvalue weighted by Crippen LogP contribution is -2.48. The fraction of sp³-hybridized carbons (Fsp3) is 0.696. The van der Waals surface area contributed by atoms with Crippen molar-refractivity contribution in [2.75, 3.05) is 7.05 Å². The molecule has 148 valence electrons. The van der Waals surface area contributed by atoms with Crippen molar-refractivity contribution in [3.8, 4) is 0 Å². The third-order valence-corrected chi connectivity index (χ3v) is 5.73. The van der Waals surface area contributed by atoms with Crippen molar-refractivity contribution in [2.45, 2.75) is 83.6 Å². The Kier molecular flexibility index (Phi) is 11.4. The van der Waals surface area contributed by atoms with Crippen LogP contribution in [0.3, 0.4) is 0 Å². The van der Waals surface area contributed by atoms with Crippen molar-refractivity contribution in [2.24, 2.45) is 11.8 Å². The maximum atomic E-state index is 13.8. The predicted octanol–water partition coefficient (Wildman–Crippen LogP) is 6.30. The standard InChI is InChI=1S/C23H38FNO/c1-4-23(25-3,18-9-7-5-6-8-10-19-26)21-12-11-13-22(24)17-15-20(2)14-16-21/h11-12,14,16-17,19-21,25H,4-10,13,15,18H2,1-3H3/b12-11-,16-14?,22-17+. The molecule has 0 aromatic heterocycles. The van der Waals surface area contributed by atoms with Gasteiger partial charge in [-0.05, 0) is 38.6 Å². The molecule has 0 saturated heterocycles. The van der Waals surface area contributed by atoms with Gasteiger partial charge in [-0.3, -0.25) is 0 Å². The van der Waals surface area contributed by atoms with E-state index in [1.165, 1.54) is 19.3 Å². The number of carbonyl (C=O) groups is 1. The van der Waals surface area contributed by atoms with Crippen LogP contribution in [0.2, 0.25) is 0 Å². The van der Waals surface area contributed by atoms with Gasteiger partial charge in [-0.2, -0.15) is 0 Å². The van der Waals surface area contributed by atoms with E-state index in [9.17, 15) is 9.18 Å². The largest absolute Gasteiger partial charge is 0.313 e. The summed E-state index contributed by atoms with van der Waals surface area (Å²) in [6.07, 6.45) is 21.2. The molecule has 0 saturated carbocycles. The number of nitrogens with one attached hydrogen (secondary N) is 1. The average molecular weight is 364 g/mol. The molecule has 0 spiro atoms. The van der Waals surface area contributed by atoms with Crippen molar-refractivity contribution in [1.82, 2.24) is 5.32 Å². The average Bonchev–Trinajstić information content (AvgIpc) is 2.65. The zero-order valence-electron chi connectivity index (χ0n) is 17.0. The van der Waals surface area contributed by atoms with Gasteiger partial charge in [-0.25, -0.2) is 4.39 Å². The first-order valence-electron chi connectivity index (χ1n) is 10.4. The van der Waals surface area contributed by atoms with E-state index in [1.54, 1.807) is 6.08 Å². The minimum Gasteiger partial charge on any atom is -0.313 e. The minimum atomic E-state index is -0.0240. The zero-order chi connectivity index (χ0) is 19.3.